The van der Waals surface area contributed by atoms with Gasteiger partial charge in [-0.25, -0.2) is 0 Å². The Balaban J connectivity index is 1.78. The Kier molecular flexibility index (Phi) is 3.79. The number of ether oxygens (including phenoxy) is 1. The van der Waals surface area contributed by atoms with Crippen LogP contribution in [0.5, 0.6) is 0 Å². The minimum Gasteiger partial charge on any atom is -0.393 e. The van der Waals surface area contributed by atoms with Gasteiger partial charge >= 0.3 is 8.56 Å². The molecule has 0 spiro atoms. The average Bonchev–Trinajstić information content (AvgIpc) is 3.10. The van der Waals surface area contributed by atoms with E-state index in [1.165, 1.54) is 12.8 Å². The lowest BCUT2D eigenvalue weighted by atomic mass is 9.88. The van der Waals surface area contributed by atoms with E-state index in [-0.39, 0.29) is 0 Å². The highest BCUT2D eigenvalue weighted by Gasteiger charge is 2.45. The first-order valence-electron chi connectivity index (χ1n) is 5.95. The topological polar surface area (TPSA) is 48.1 Å². The molecular weight excluding hydrogens is 224 g/mol. The van der Waals surface area contributed by atoms with Gasteiger partial charge in [-0.1, -0.05) is 0 Å². The molecule has 92 valence electrons. The number of epoxide rings is 1. The van der Waals surface area contributed by atoms with E-state index in [1.54, 1.807) is 14.2 Å². The van der Waals surface area contributed by atoms with Crippen molar-refractivity contribution in [3.05, 3.63) is 0 Å². The van der Waals surface area contributed by atoms with E-state index in [9.17, 15) is 4.79 Å². The summed E-state index contributed by atoms with van der Waals surface area (Å²) < 4.78 is 16.1. The largest absolute Gasteiger partial charge is 0.405 e. The van der Waals surface area contributed by atoms with E-state index in [0.29, 0.717) is 18.1 Å². The fourth-order valence-electron chi connectivity index (χ4n) is 2.60. The molecule has 2 rings (SSSR count). The van der Waals surface area contributed by atoms with Crippen LogP contribution in [0.25, 0.3) is 0 Å². The van der Waals surface area contributed by atoms with E-state index in [2.05, 4.69) is 0 Å². The number of rotatable bonds is 6. The van der Waals surface area contributed by atoms with Gasteiger partial charge in [-0.15, -0.1) is 0 Å². The summed E-state index contributed by atoms with van der Waals surface area (Å²) >= 11 is 0. The highest BCUT2D eigenvalue weighted by molar-refractivity contribution is 6.91. The van der Waals surface area contributed by atoms with Crippen LogP contribution >= 0.6 is 0 Å². The number of hydrogen-bond acceptors (Lipinski definition) is 4. The van der Waals surface area contributed by atoms with Crippen LogP contribution < -0.4 is 0 Å². The molecule has 1 heterocycles. The van der Waals surface area contributed by atoms with Crippen molar-refractivity contribution in [3.63, 3.8) is 0 Å². The zero-order chi connectivity index (χ0) is 11.6. The fraction of sp³-hybridized carbons (Fsp3) is 0.909. The normalized spacial score (nSPS) is 33.2. The molecule has 0 amide bonds. The lowest BCUT2D eigenvalue weighted by molar-refractivity contribution is 0.251. The molecule has 4 nitrogen and oxygen atoms in total. The molecule has 1 aliphatic heterocycles. The SMILES string of the molecule is CO[Si](C=O)(CCC1CCC2OC2C1)OC. The zero-order valence-corrected chi connectivity index (χ0v) is 11.0. The van der Waals surface area contributed by atoms with Crippen molar-refractivity contribution >= 4 is 14.5 Å². The molecule has 3 atom stereocenters. The molecule has 5 heteroatoms. The van der Waals surface area contributed by atoms with Crippen molar-refractivity contribution in [3.8, 4) is 0 Å². The van der Waals surface area contributed by atoms with Gasteiger partial charge in [-0.05, 0) is 37.6 Å². The number of carbonyl (C=O) groups is 1. The Morgan fingerprint density at radius 2 is 2.06 bits per heavy atom. The number of hydrogen-bond donors (Lipinski definition) is 0. The van der Waals surface area contributed by atoms with E-state index in [0.717, 1.165) is 24.8 Å². The van der Waals surface area contributed by atoms with Crippen molar-refractivity contribution < 1.29 is 18.4 Å². The molecule has 0 bridgehead atoms. The molecule has 3 unspecified atom stereocenters. The van der Waals surface area contributed by atoms with E-state index in [4.69, 9.17) is 13.6 Å². The van der Waals surface area contributed by atoms with Crippen LogP contribution in [0.1, 0.15) is 25.7 Å². The standard InChI is InChI=1S/C11H20O4Si/c1-13-16(8-12,14-2)6-5-9-3-4-10-11(7-9)15-10/h8-11H,3-7H2,1-2H3. The second kappa shape index (κ2) is 4.95. The van der Waals surface area contributed by atoms with Crippen LogP contribution in [0.2, 0.25) is 6.04 Å². The van der Waals surface area contributed by atoms with Crippen LogP contribution in [-0.4, -0.2) is 40.9 Å². The summed E-state index contributed by atoms with van der Waals surface area (Å²) in [6, 6.07) is 0.769. The third kappa shape index (κ3) is 2.53. The first-order valence-corrected chi connectivity index (χ1v) is 8.05. The maximum absolute atomic E-state index is 11.0. The molecular formula is C11H20O4Si. The van der Waals surface area contributed by atoms with Gasteiger partial charge in [0, 0.05) is 14.2 Å². The Morgan fingerprint density at radius 1 is 1.31 bits per heavy atom. The molecule has 16 heavy (non-hydrogen) atoms. The van der Waals surface area contributed by atoms with Crippen molar-refractivity contribution in [1.82, 2.24) is 0 Å². The highest BCUT2D eigenvalue weighted by Crippen LogP contribution is 2.41. The zero-order valence-electron chi connectivity index (χ0n) is 9.98. The second-order valence-electron chi connectivity index (χ2n) is 4.77. The van der Waals surface area contributed by atoms with E-state index < -0.39 is 8.56 Å². The average molecular weight is 244 g/mol. The summed E-state index contributed by atoms with van der Waals surface area (Å²) in [5, 5.41) is 0. The first-order chi connectivity index (χ1) is 7.73. The van der Waals surface area contributed by atoms with Gasteiger partial charge in [0.1, 0.15) is 0 Å². The van der Waals surface area contributed by atoms with Crippen molar-refractivity contribution in [1.29, 1.82) is 0 Å². The fourth-order valence-corrected chi connectivity index (χ4v) is 4.29. The van der Waals surface area contributed by atoms with Crippen molar-refractivity contribution in [2.45, 2.75) is 43.9 Å². The van der Waals surface area contributed by atoms with Crippen molar-refractivity contribution in [2.75, 3.05) is 14.2 Å². The summed E-state index contributed by atoms with van der Waals surface area (Å²) in [7, 11) is 0.618. The maximum atomic E-state index is 11.0. The summed E-state index contributed by atoms with van der Waals surface area (Å²) in [6.45, 7) is 0. The van der Waals surface area contributed by atoms with Gasteiger partial charge in [0.05, 0.1) is 12.2 Å². The van der Waals surface area contributed by atoms with Crippen LogP contribution in [-0.2, 0) is 18.4 Å². The van der Waals surface area contributed by atoms with Gasteiger partial charge in [0.25, 0.3) is 0 Å². The molecule has 0 aromatic rings. The predicted octanol–water partition coefficient (Wildman–Crippen LogP) is 1.45. The lowest BCUT2D eigenvalue weighted by Gasteiger charge is -2.24. The van der Waals surface area contributed by atoms with Crippen LogP contribution in [0, 0.1) is 5.92 Å². The number of fused-ring (bicyclic) bond motifs is 1. The predicted molar refractivity (Wildman–Crippen MR) is 61.9 cm³/mol. The molecule has 0 N–H and O–H groups in total. The molecule has 1 saturated carbocycles. The van der Waals surface area contributed by atoms with Gasteiger partial charge in [0.2, 0.25) is 0 Å². The van der Waals surface area contributed by atoms with Crippen molar-refractivity contribution in [2.24, 2.45) is 5.92 Å². The highest BCUT2D eigenvalue weighted by atomic mass is 28.4. The maximum Gasteiger partial charge on any atom is 0.405 e. The smallest absolute Gasteiger partial charge is 0.393 e. The molecule has 0 aromatic heterocycles. The van der Waals surface area contributed by atoms with E-state index in [1.807, 2.05) is 0 Å². The Labute approximate surface area is 97.5 Å². The summed E-state index contributed by atoms with van der Waals surface area (Å²) in [5.74, 6) is 1.58. The third-order valence-electron chi connectivity index (χ3n) is 3.88. The molecule has 1 saturated heterocycles. The second-order valence-corrected chi connectivity index (χ2v) is 7.94. The Hall–Kier alpha value is -0.233. The van der Waals surface area contributed by atoms with Gasteiger partial charge in [-0.2, -0.15) is 0 Å². The molecule has 1 aliphatic carbocycles. The van der Waals surface area contributed by atoms with Gasteiger partial charge in [-0.3, -0.25) is 0 Å². The minimum absolute atomic E-state index is 0.510. The minimum atomic E-state index is -2.53. The Morgan fingerprint density at radius 3 is 2.62 bits per heavy atom. The summed E-state index contributed by atoms with van der Waals surface area (Å²) in [4.78, 5) is 11.0. The first kappa shape index (κ1) is 12.2. The van der Waals surface area contributed by atoms with Crippen LogP contribution in [0.15, 0.2) is 0 Å². The quantitative estimate of drug-likeness (QED) is 0.403. The molecule has 2 fully saturated rings. The lowest BCUT2D eigenvalue weighted by Crippen LogP contribution is -2.42. The van der Waals surface area contributed by atoms with Gasteiger partial charge in [0.15, 0.2) is 5.91 Å². The van der Waals surface area contributed by atoms with Crippen LogP contribution in [0.4, 0.5) is 0 Å². The Bertz CT molecular complexity index is 254. The monoisotopic (exact) mass is 244 g/mol. The third-order valence-corrected chi connectivity index (χ3v) is 6.61. The summed E-state index contributed by atoms with van der Waals surface area (Å²) in [5.41, 5.74) is 0. The molecule has 0 radical (unpaired) electrons. The summed E-state index contributed by atoms with van der Waals surface area (Å²) in [6.07, 6.45) is 5.65. The molecule has 2 aliphatic rings. The van der Waals surface area contributed by atoms with Crippen LogP contribution in [0.3, 0.4) is 0 Å². The van der Waals surface area contributed by atoms with E-state index >= 15 is 0 Å². The number of carbonyl (C=O) groups excluding carboxylic acids is 1. The van der Waals surface area contributed by atoms with Gasteiger partial charge < -0.3 is 18.4 Å². The molecule has 0 aromatic carbocycles.